The zero-order valence-electron chi connectivity index (χ0n) is 12.3. The van der Waals surface area contributed by atoms with E-state index in [2.05, 4.69) is 15.7 Å². The highest BCUT2D eigenvalue weighted by Crippen LogP contribution is 2.28. The lowest BCUT2D eigenvalue weighted by Crippen LogP contribution is -2.55. The first-order valence-corrected chi connectivity index (χ1v) is 7.89. The van der Waals surface area contributed by atoms with E-state index in [9.17, 15) is 9.90 Å². The summed E-state index contributed by atoms with van der Waals surface area (Å²) >= 11 is 0. The average Bonchev–Trinajstić information content (AvgIpc) is 3.17. The Balaban J connectivity index is 1.69. The van der Waals surface area contributed by atoms with Crippen LogP contribution in [0.25, 0.3) is 0 Å². The molecule has 6 nitrogen and oxygen atoms in total. The molecule has 3 rings (SSSR count). The van der Waals surface area contributed by atoms with Gasteiger partial charge in [-0.15, -0.1) is 0 Å². The standard InChI is InChI=1S/C15H24N4O2/c20-13-4-1-3-12(13)11-17-14(21)15(5-8-16-9-6-15)19-10-2-7-18-19/h2,7,10,12-13,16,20H,1,3-6,8-9,11H2,(H,17,21). The van der Waals surface area contributed by atoms with E-state index in [4.69, 9.17) is 0 Å². The molecular formula is C15H24N4O2. The van der Waals surface area contributed by atoms with Gasteiger partial charge in [0, 0.05) is 24.9 Å². The van der Waals surface area contributed by atoms with Crippen LogP contribution in [0, 0.1) is 5.92 Å². The van der Waals surface area contributed by atoms with Crippen LogP contribution >= 0.6 is 0 Å². The molecule has 1 aliphatic heterocycles. The molecule has 1 saturated carbocycles. The quantitative estimate of drug-likeness (QED) is 0.743. The van der Waals surface area contributed by atoms with Crippen LogP contribution in [0.3, 0.4) is 0 Å². The van der Waals surface area contributed by atoms with Crippen molar-refractivity contribution < 1.29 is 9.90 Å². The molecule has 1 aromatic heterocycles. The van der Waals surface area contributed by atoms with Crippen molar-refractivity contribution in [1.82, 2.24) is 20.4 Å². The lowest BCUT2D eigenvalue weighted by molar-refractivity contribution is -0.132. The van der Waals surface area contributed by atoms with Crippen molar-refractivity contribution in [1.29, 1.82) is 0 Å². The van der Waals surface area contributed by atoms with Gasteiger partial charge in [-0.2, -0.15) is 5.10 Å². The Hall–Kier alpha value is -1.40. The van der Waals surface area contributed by atoms with E-state index in [1.807, 2.05) is 12.3 Å². The molecule has 1 aromatic rings. The summed E-state index contributed by atoms with van der Waals surface area (Å²) in [6, 6.07) is 1.86. The highest BCUT2D eigenvalue weighted by molar-refractivity contribution is 5.84. The predicted octanol–water partition coefficient (Wildman–Crippen LogP) is 0.239. The van der Waals surface area contributed by atoms with Gasteiger partial charge in [-0.3, -0.25) is 9.48 Å². The lowest BCUT2D eigenvalue weighted by Gasteiger charge is -2.36. The zero-order valence-corrected chi connectivity index (χ0v) is 12.3. The minimum Gasteiger partial charge on any atom is -0.393 e. The summed E-state index contributed by atoms with van der Waals surface area (Å²) in [6.07, 6.45) is 7.72. The van der Waals surface area contributed by atoms with E-state index in [0.717, 1.165) is 45.2 Å². The fraction of sp³-hybridized carbons (Fsp3) is 0.733. The second-order valence-electron chi connectivity index (χ2n) is 6.20. The highest BCUT2D eigenvalue weighted by atomic mass is 16.3. The number of carbonyl (C=O) groups excluding carboxylic acids is 1. The van der Waals surface area contributed by atoms with Gasteiger partial charge >= 0.3 is 0 Å². The molecule has 1 aliphatic carbocycles. The first-order chi connectivity index (χ1) is 10.2. The first kappa shape index (κ1) is 14.5. The molecule has 3 N–H and O–H groups in total. The van der Waals surface area contributed by atoms with Crippen LogP contribution in [0.15, 0.2) is 18.5 Å². The Morgan fingerprint density at radius 2 is 2.24 bits per heavy atom. The molecule has 1 amide bonds. The van der Waals surface area contributed by atoms with E-state index in [1.165, 1.54) is 0 Å². The van der Waals surface area contributed by atoms with E-state index >= 15 is 0 Å². The van der Waals surface area contributed by atoms with Crippen LogP contribution in [-0.2, 0) is 10.3 Å². The highest BCUT2D eigenvalue weighted by Gasteiger charge is 2.42. The Kier molecular flexibility index (Phi) is 4.26. The molecule has 2 heterocycles. The maximum absolute atomic E-state index is 12.8. The first-order valence-electron chi connectivity index (χ1n) is 7.89. The summed E-state index contributed by atoms with van der Waals surface area (Å²) in [4.78, 5) is 12.8. The van der Waals surface area contributed by atoms with Gasteiger partial charge in [-0.05, 0) is 44.8 Å². The van der Waals surface area contributed by atoms with Crippen molar-refractivity contribution in [3.63, 3.8) is 0 Å². The van der Waals surface area contributed by atoms with Gasteiger partial charge in [0.25, 0.3) is 0 Å². The van der Waals surface area contributed by atoms with Crippen molar-refractivity contribution in [3.05, 3.63) is 18.5 Å². The van der Waals surface area contributed by atoms with Gasteiger partial charge in [-0.25, -0.2) is 0 Å². The smallest absolute Gasteiger partial charge is 0.248 e. The van der Waals surface area contributed by atoms with Gasteiger partial charge in [0.05, 0.1) is 6.10 Å². The molecule has 0 aromatic carbocycles. The Bertz CT molecular complexity index is 468. The molecule has 0 radical (unpaired) electrons. The van der Waals surface area contributed by atoms with Crippen molar-refractivity contribution >= 4 is 5.91 Å². The average molecular weight is 292 g/mol. The van der Waals surface area contributed by atoms with Crippen LogP contribution in [0.4, 0.5) is 0 Å². The van der Waals surface area contributed by atoms with Crippen molar-refractivity contribution in [3.8, 4) is 0 Å². The molecule has 2 fully saturated rings. The Labute approximate surface area is 124 Å². The fourth-order valence-electron chi connectivity index (χ4n) is 3.57. The fourth-order valence-corrected chi connectivity index (χ4v) is 3.57. The van der Waals surface area contributed by atoms with Gasteiger partial charge in [0.2, 0.25) is 5.91 Å². The topological polar surface area (TPSA) is 79.2 Å². The van der Waals surface area contributed by atoms with Gasteiger partial charge in [0.1, 0.15) is 5.54 Å². The van der Waals surface area contributed by atoms with E-state index < -0.39 is 5.54 Å². The van der Waals surface area contributed by atoms with Crippen LogP contribution in [0.5, 0.6) is 0 Å². The summed E-state index contributed by atoms with van der Waals surface area (Å²) in [5, 5.41) is 20.6. The number of hydrogen-bond acceptors (Lipinski definition) is 4. The third-order valence-corrected chi connectivity index (χ3v) is 4.94. The number of aliphatic hydroxyl groups is 1. The molecule has 0 bridgehead atoms. The van der Waals surface area contributed by atoms with E-state index in [1.54, 1.807) is 10.9 Å². The lowest BCUT2D eigenvalue weighted by atomic mass is 9.87. The van der Waals surface area contributed by atoms with Gasteiger partial charge in [0.15, 0.2) is 0 Å². The third kappa shape index (κ3) is 2.82. The normalized spacial score (nSPS) is 28.4. The molecule has 2 atom stereocenters. The van der Waals surface area contributed by atoms with Crippen LogP contribution in [0.1, 0.15) is 32.1 Å². The van der Waals surface area contributed by atoms with Crippen molar-refractivity contribution in [2.75, 3.05) is 19.6 Å². The van der Waals surface area contributed by atoms with Crippen LogP contribution < -0.4 is 10.6 Å². The van der Waals surface area contributed by atoms with Crippen LogP contribution in [0.2, 0.25) is 0 Å². The van der Waals surface area contributed by atoms with Gasteiger partial charge < -0.3 is 15.7 Å². The summed E-state index contributed by atoms with van der Waals surface area (Å²) < 4.78 is 1.80. The number of aromatic nitrogens is 2. The summed E-state index contributed by atoms with van der Waals surface area (Å²) in [7, 11) is 0. The van der Waals surface area contributed by atoms with E-state index in [-0.39, 0.29) is 17.9 Å². The molecule has 116 valence electrons. The zero-order chi connectivity index (χ0) is 14.7. The second kappa shape index (κ2) is 6.15. The minimum absolute atomic E-state index is 0.0341. The number of nitrogens with one attached hydrogen (secondary N) is 2. The van der Waals surface area contributed by atoms with Crippen molar-refractivity contribution in [2.45, 2.75) is 43.7 Å². The molecular weight excluding hydrogens is 268 g/mol. The number of hydrogen-bond donors (Lipinski definition) is 3. The summed E-state index contributed by atoms with van der Waals surface area (Å²) in [5.74, 6) is 0.233. The number of amides is 1. The minimum atomic E-state index is -0.585. The Morgan fingerprint density at radius 3 is 2.86 bits per heavy atom. The van der Waals surface area contributed by atoms with E-state index in [0.29, 0.717) is 6.54 Å². The Morgan fingerprint density at radius 1 is 1.43 bits per heavy atom. The monoisotopic (exact) mass is 292 g/mol. The molecule has 2 aliphatic rings. The number of carbonyl (C=O) groups is 1. The number of aliphatic hydroxyl groups excluding tert-OH is 1. The van der Waals surface area contributed by atoms with Crippen molar-refractivity contribution in [2.24, 2.45) is 5.92 Å². The second-order valence-corrected chi connectivity index (χ2v) is 6.20. The van der Waals surface area contributed by atoms with Crippen LogP contribution in [-0.4, -0.2) is 46.5 Å². The summed E-state index contributed by atoms with van der Waals surface area (Å²) in [6.45, 7) is 2.20. The summed E-state index contributed by atoms with van der Waals surface area (Å²) in [5.41, 5.74) is -0.585. The number of nitrogens with zero attached hydrogens (tertiary/aromatic N) is 2. The molecule has 6 heteroatoms. The molecule has 2 unspecified atom stereocenters. The predicted molar refractivity (Wildman–Crippen MR) is 78.7 cm³/mol. The largest absolute Gasteiger partial charge is 0.393 e. The maximum atomic E-state index is 12.8. The number of rotatable bonds is 4. The molecule has 0 spiro atoms. The SMILES string of the molecule is O=C(NCC1CCCC1O)C1(n2cccn2)CCNCC1. The molecule has 1 saturated heterocycles. The third-order valence-electron chi connectivity index (χ3n) is 4.94. The maximum Gasteiger partial charge on any atom is 0.248 e. The van der Waals surface area contributed by atoms with Gasteiger partial charge in [-0.1, -0.05) is 6.42 Å². The number of piperidine rings is 1. The molecule has 21 heavy (non-hydrogen) atoms.